The molecule has 3 nitrogen and oxygen atoms in total. The standard InChI is InChI=1S/C16H20BrN3/c1-11(12-5-3-2-4-6-12)20-14-7-8-18-15-9-13(17)10-19-16(14)15/h7-12H,2-6H2,1H3,(H,18,20). The largest absolute Gasteiger partial charge is 0.380 e. The van der Waals surface area contributed by atoms with Crippen LogP contribution < -0.4 is 5.32 Å². The fourth-order valence-corrected chi connectivity index (χ4v) is 3.44. The summed E-state index contributed by atoms with van der Waals surface area (Å²) in [5.41, 5.74) is 2.99. The number of fused-ring (bicyclic) bond motifs is 1. The van der Waals surface area contributed by atoms with E-state index in [0.29, 0.717) is 6.04 Å². The van der Waals surface area contributed by atoms with Crippen molar-refractivity contribution in [3.8, 4) is 0 Å². The summed E-state index contributed by atoms with van der Waals surface area (Å²) in [6.45, 7) is 2.29. The quantitative estimate of drug-likeness (QED) is 0.878. The molecule has 0 saturated heterocycles. The fraction of sp³-hybridized carbons (Fsp3) is 0.500. The lowest BCUT2D eigenvalue weighted by Gasteiger charge is -2.29. The predicted octanol–water partition coefficient (Wildman–Crippen LogP) is 4.77. The summed E-state index contributed by atoms with van der Waals surface area (Å²) in [6.07, 6.45) is 10.5. The fourth-order valence-electron chi connectivity index (χ4n) is 3.12. The van der Waals surface area contributed by atoms with Crippen molar-refractivity contribution < 1.29 is 0 Å². The van der Waals surface area contributed by atoms with E-state index < -0.39 is 0 Å². The SMILES string of the molecule is CC(Nc1ccnc2cc(Br)cnc12)C1CCCCC1. The Labute approximate surface area is 128 Å². The molecule has 20 heavy (non-hydrogen) atoms. The molecule has 4 heteroatoms. The zero-order valence-corrected chi connectivity index (χ0v) is 13.4. The molecule has 1 fully saturated rings. The predicted molar refractivity (Wildman–Crippen MR) is 86.9 cm³/mol. The van der Waals surface area contributed by atoms with Gasteiger partial charge < -0.3 is 5.32 Å². The van der Waals surface area contributed by atoms with Crippen molar-refractivity contribution in [3.05, 3.63) is 29.0 Å². The summed E-state index contributed by atoms with van der Waals surface area (Å²) in [7, 11) is 0. The molecule has 1 aliphatic carbocycles. The van der Waals surface area contributed by atoms with Crippen molar-refractivity contribution in [2.24, 2.45) is 5.92 Å². The molecule has 0 amide bonds. The van der Waals surface area contributed by atoms with E-state index in [1.54, 1.807) is 0 Å². The Kier molecular flexibility index (Phi) is 4.20. The third kappa shape index (κ3) is 2.95. The van der Waals surface area contributed by atoms with Crippen LogP contribution in [0.3, 0.4) is 0 Å². The van der Waals surface area contributed by atoms with Gasteiger partial charge in [-0.1, -0.05) is 19.3 Å². The molecule has 2 aromatic heterocycles. The molecule has 1 unspecified atom stereocenters. The highest BCUT2D eigenvalue weighted by molar-refractivity contribution is 9.10. The number of pyridine rings is 2. The summed E-state index contributed by atoms with van der Waals surface area (Å²) < 4.78 is 0.968. The minimum Gasteiger partial charge on any atom is -0.380 e. The van der Waals surface area contributed by atoms with E-state index in [4.69, 9.17) is 0 Å². The Morgan fingerprint density at radius 1 is 1.25 bits per heavy atom. The number of aromatic nitrogens is 2. The van der Waals surface area contributed by atoms with E-state index in [-0.39, 0.29) is 0 Å². The highest BCUT2D eigenvalue weighted by Gasteiger charge is 2.20. The molecule has 1 saturated carbocycles. The smallest absolute Gasteiger partial charge is 0.112 e. The van der Waals surface area contributed by atoms with E-state index in [1.807, 2.05) is 24.5 Å². The van der Waals surface area contributed by atoms with Gasteiger partial charge >= 0.3 is 0 Å². The van der Waals surface area contributed by atoms with Crippen molar-refractivity contribution in [2.45, 2.75) is 45.1 Å². The van der Waals surface area contributed by atoms with Gasteiger partial charge in [0.25, 0.3) is 0 Å². The van der Waals surface area contributed by atoms with Crippen LogP contribution in [0.5, 0.6) is 0 Å². The van der Waals surface area contributed by atoms with Crippen LogP contribution in [0.25, 0.3) is 11.0 Å². The first-order valence-electron chi connectivity index (χ1n) is 7.41. The number of rotatable bonds is 3. The van der Waals surface area contributed by atoms with E-state index in [0.717, 1.165) is 27.1 Å². The molecular formula is C16H20BrN3. The maximum atomic E-state index is 4.51. The van der Waals surface area contributed by atoms with Gasteiger partial charge in [0.05, 0.1) is 11.2 Å². The molecule has 1 N–H and O–H groups in total. The number of hydrogen-bond donors (Lipinski definition) is 1. The summed E-state index contributed by atoms with van der Waals surface area (Å²) >= 11 is 3.45. The monoisotopic (exact) mass is 333 g/mol. The molecule has 2 aromatic rings. The lowest BCUT2D eigenvalue weighted by atomic mass is 9.84. The molecule has 1 atom stereocenters. The molecule has 0 spiro atoms. The van der Waals surface area contributed by atoms with Gasteiger partial charge in [0.2, 0.25) is 0 Å². The van der Waals surface area contributed by atoms with Gasteiger partial charge in [-0.3, -0.25) is 9.97 Å². The summed E-state index contributed by atoms with van der Waals surface area (Å²) in [4.78, 5) is 8.90. The average Bonchev–Trinajstić information content (AvgIpc) is 2.48. The van der Waals surface area contributed by atoms with Gasteiger partial charge in [0, 0.05) is 22.9 Å². The summed E-state index contributed by atoms with van der Waals surface area (Å²) in [5.74, 6) is 0.780. The Balaban J connectivity index is 1.83. The molecule has 2 heterocycles. The van der Waals surface area contributed by atoms with Crippen LogP contribution in [0.4, 0.5) is 5.69 Å². The van der Waals surface area contributed by atoms with Crippen molar-refractivity contribution in [3.63, 3.8) is 0 Å². The number of nitrogens with zero attached hydrogens (tertiary/aromatic N) is 2. The molecule has 1 aliphatic rings. The average molecular weight is 334 g/mol. The second-order valence-corrected chi connectivity index (χ2v) is 6.63. The molecule has 0 aromatic carbocycles. The van der Waals surface area contributed by atoms with Gasteiger partial charge in [-0.05, 0) is 53.7 Å². The number of anilines is 1. The van der Waals surface area contributed by atoms with E-state index in [1.165, 1.54) is 32.1 Å². The van der Waals surface area contributed by atoms with Gasteiger partial charge in [-0.25, -0.2) is 0 Å². The summed E-state index contributed by atoms with van der Waals surface area (Å²) in [6, 6.07) is 4.53. The van der Waals surface area contributed by atoms with Crippen LogP contribution in [0.15, 0.2) is 29.0 Å². The lowest BCUT2D eigenvalue weighted by molar-refractivity contribution is 0.328. The van der Waals surface area contributed by atoms with E-state index in [9.17, 15) is 0 Å². The van der Waals surface area contributed by atoms with E-state index >= 15 is 0 Å². The van der Waals surface area contributed by atoms with Crippen LogP contribution in [0.2, 0.25) is 0 Å². The second-order valence-electron chi connectivity index (χ2n) is 5.71. The molecule has 0 aliphatic heterocycles. The van der Waals surface area contributed by atoms with Gasteiger partial charge in [-0.2, -0.15) is 0 Å². The maximum absolute atomic E-state index is 4.51. The molecular weight excluding hydrogens is 314 g/mol. The van der Waals surface area contributed by atoms with Crippen LogP contribution in [0.1, 0.15) is 39.0 Å². The van der Waals surface area contributed by atoms with Crippen molar-refractivity contribution in [1.82, 2.24) is 9.97 Å². The number of halogens is 1. The van der Waals surface area contributed by atoms with Crippen molar-refractivity contribution >= 4 is 32.7 Å². The second kappa shape index (κ2) is 6.08. The number of nitrogens with one attached hydrogen (secondary N) is 1. The van der Waals surface area contributed by atoms with Crippen LogP contribution in [0, 0.1) is 5.92 Å². The topological polar surface area (TPSA) is 37.8 Å². The summed E-state index contributed by atoms with van der Waals surface area (Å²) in [5, 5.41) is 3.66. The van der Waals surface area contributed by atoms with Crippen molar-refractivity contribution in [1.29, 1.82) is 0 Å². The number of hydrogen-bond acceptors (Lipinski definition) is 3. The first-order chi connectivity index (χ1) is 9.74. The highest BCUT2D eigenvalue weighted by Crippen LogP contribution is 2.29. The Morgan fingerprint density at radius 2 is 2.05 bits per heavy atom. The van der Waals surface area contributed by atoms with Crippen LogP contribution in [-0.4, -0.2) is 16.0 Å². The zero-order chi connectivity index (χ0) is 13.9. The first kappa shape index (κ1) is 13.8. The van der Waals surface area contributed by atoms with Gasteiger partial charge in [0.1, 0.15) is 5.52 Å². The third-order valence-electron chi connectivity index (χ3n) is 4.28. The third-order valence-corrected chi connectivity index (χ3v) is 4.72. The molecule has 3 rings (SSSR count). The molecule has 0 radical (unpaired) electrons. The first-order valence-corrected chi connectivity index (χ1v) is 8.20. The normalized spacial score (nSPS) is 18.1. The van der Waals surface area contributed by atoms with Crippen LogP contribution in [-0.2, 0) is 0 Å². The zero-order valence-electron chi connectivity index (χ0n) is 11.8. The van der Waals surface area contributed by atoms with E-state index in [2.05, 4.69) is 38.1 Å². The Morgan fingerprint density at radius 3 is 2.85 bits per heavy atom. The maximum Gasteiger partial charge on any atom is 0.112 e. The van der Waals surface area contributed by atoms with Gasteiger partial charge in [0.15, 0.2) is 0 Å². The Hall–Kier alpha value is -1.16. The Bertz CT molecular complexity index is 593. The molecule has 106 valence electrons. The van der Waals surface area contributed by atoms with Crippen LogP contribution >= 0.6 is 15.9 Å². The minimum atomic E-state index is 0.492. The highest BCUT2D eigenvalue weighted by atomic mass is 79.9. The van der Waals surface area contributed by atoms with Crippen molar-refractivity contribution in [2.75, 3.05) is 5.32 Å². The van der Waals surface area contributed by atoms with Gasteiger partial charge in [-0.15, -0.1) is 0 Å². The molecule has 0 bridgehead atoms. The minimum absolute atomic E-state index is 0.492. The lowest BCUT2D eigenvalue weighted by Crippen LogP contribution is -2.27.